The third kappa shape index (κ3) is 3.16. The van der Waals surface area contributed by atoms with Crippen LogP contribution in [0.1, 0.15) is 13.8 Å². The number of carbonyl (C=O) groups excluding carboxylic acids is 3. The number of aliphatic hydroxyl groups excluding tert-OH is 1. The van der Waals surface area contributed by atoms with E-state index in [9.17, 15) is 14.4 Å². The van der Waals surface area contributed by atoms with Crippen LogP contribution in [0.5, 0.6) is 0 Å². The summed E-state index contributed by atoms with van der Waals surface area (Å²) in [5.41, 5.74) is 0. The van der Waals surface area contributed by atoms with Crippen LogP contribution in [0.15, 0.2) is 0 Å². The van der Waals surface area contributed by atoms with Crippen molar-refractivity contribution in [1.29, 1.82) is 0 Å². The van der Waals surface area contributed by atoms with E-state index in [0.29, 0.717) is 0 Å². The molecule has 0 bridgehead atoms. The fraction of sp³-hybridized carbons (Fsp3) is 0.700. The molecule has 0 saturated carbocycles. The maximum Gasteiger partial charge on any atom is 0.325 e. The number of rotatable bonds is 5. The normalized spacial score (nSPS) is 15.4. The first-order valence-electron chi connectivity index (χ1n) is 5.46. The number of aliphatic hydroxyl groups is 1. The van der Waals surface area contributed by atoms with Crippen molar-refractivity contribution in [2.24, 2.45) is 0 Å². The zero-order chi connectivity index (χ0) is 13.0. The molecule has 1 aliphatic rings. The van der Waals surface area contributed by atoms with Crippen LogP contribution in [0.4, 0.5) is 4.79 Å². The highest BCUT2D eigenvalue weighted by molar-refractivity contribution is 6.04. The van der Waals surface area contributed by atoms with Crippen molar-refractivity contribution in [2.45, 2.75) is 19.9 Å². The van der Waals surface area contributed by atoms with E-state index in [-0.39, 0.29) is 38.2 Å². The van der Waals surface area contributed by atoms with Gasteiger partial charge in [0.05, 0.1) is 13.2 Å². The third-order valence-corrected chi connectivity index (χ3v) is 2.52. The van der Waals surface area contributed by atoms with Crippen molar-refractivity contribution in [2.75, 3.05) is 26.2 Å². The quantitative estimate of drug-likeness (QED) is 0.591. The van der Waals surface area contributed by atoms with Crippen molar-refractivity contribution in [3.63, 3.8) is 0 Å². The molecule has 17 heavy (non-hydrogen) atoms. The highest BCUT2D eigenvalue weighted by Crippen LogP contribution is 2.04. The maximum atomic E-state index is 11.9. The van der Waals surface area contributed by atoms with Crippen LogP contribution in [0.3, 0.4) is 0 Å². The molecule has 0 aliphatic carbocycles. The summed E-state index contributed by atoms with van der Waals surface area (Å²) in [5, 5.41) is 11.2. The van der Waals surface area contributed by atoms with Gasteiger partial charge in [0.2, 0.25) is 5.91 Å². The summed E-state index contributed by atoms with van der Waals surface area (Å²) in [6, 6.07) is -0.633. The second-order valence-corrected chi connectivity index (χ2v) is 4.04. The first-order valence-corrected chi connectivity index (χ1v) is 5.46. The number of amides is 4. The molecule has 0 aromatic rings. The van der Waals surface area contributed by atoms with Crippen LogP contribution in [-0.2, 0) is 9.59 Å². The number of carbonyl (C=O) groups is 3. The average molecular weight is 243 g/mol. The predicted octanol–water partition coefficient (Wildman–Crippen LogP) is -1.23. The molecule has 0 unspecified atom stereocenters. The minimum atomic E-state index is -0.545. The van der Waals surface area contributed by atoms with Gasteiger partial charge in [-0.1, -0.05) is 0 Å². The fourth-order valence-electron chi connectivity index (χ4n) is 1.62. The van der Waals surface area contributed by atoms with E-state index < -0.39 is 11.9 Å². The second kappa shape index (κ2) is 5.62. The summed E-state index contributed by atoms with van der Waals surface area (Å²) >= 11 is 0. The van der Waals surface area contributed by atoms with Gasteiger partial charge in [0, 0.05) is 12.6 Å². The minimum absolute atomic E-state index is 0.0617. The van der Waals surface area contributed by atoms with Gasteiger partial charge in [-0.2, -0.15) is 0 Å². The van der Waals surface area contributed by atoms with Gasteiger partial charge in [-0.25, -0.2) is 4.79 Å². The summed E-state index contributed by atoms with van der Waals surface area (Å²) in [4.78, 5) is 36.7. The largest absolute Gasteiger partial charge is 0.395 e. The van der Waals surface area contributed by atoms with Crippen molar-refractivity contribution in [1.82, 2.24) is 15.1 Å². The van der Waals surface area contributed by atoms with E-state index in [4.69, 9.17) is 5.11 Å². The molecule has 2 N–H and O–H groups in total. The Labute approximate surface area is 99.4 Å². The van der Waals surface area contributed by atoms with Crippen molar-refractivity contribution in [3.05, 3.63) is 0 Å². The molecule has 1 fully saturated rings. The molecule has 7 nitrogen and oxygen atoms in total. The average Bonchev–Trinajstić information content (AvgIpc) is 2.57. The van der Waals surface area contributed by atoms with E-state index >= 15 is 0 Å². The maximum absolute atomic E-state index is 11.9. The lowest BCUT2D eigenvalue weighted by molar-refractivity contribution is -0.138. The number of nitrogens with one attached hydrogen (secondary N) is 1. The predicted molar refractivity (Wildman–Crippen MR) is 59.0 cm³/mol. The SMILES string of the molecule is CC(C)N(CCO)C(=O)CN1C(=O)CNC1=O. The molecule has 1 heterocycles. The molecule has 0 aromatic heterocycles. The number of hydrogen-bond acceptors (Lipinski definition) is 4. The molecular formula is C10H17N3O4. The molecule has 96 valence electrons. The lowest BCUT2D eigenvalue weighted by Gasteiger charge is -2.27. The number of hydrogen-bond donors (Lipinski definition) is 2. The van der Waals surface area contributed by atoms with Gasteiger partial charge < -0.3 is 15.3 Å². The first-order chi connectivity index (χ1) is 7.97. The van der Waals surface area contributed by atoms with E-state index in [0.717, 1.165) is 4.90 Å². The van der Waals surface area contributed by atoms with Crippen molar-refractivity contribution >= 4 is 17.8 Å². The van der Waals surface area contributed by atoms with Gasteiger partial charge >= 0.3 is 6.03 Å². The van der Waals surface area contributed by atoms with E-state index in [1.54, 1.807) is 13.8 Å². The Hall–Kier alpha value is -1.63. The molecule has 1 saturated heterocycles. The standard InChI is InChI=1S/C10H17N3O4/c1-7(2)12(3-4-14)9(16)6-13-8(15)5-11-10(13)17/h7,14H,3-6H2,1-2H3,(H,11,17). The Morgan fingerprint density at radius 2 is 2.18 bits per heavy atom. The van der Waals surface area contributed by atoms with E-state index in [2.05, 4.69) is 5.32 Å². The van der Waals surface area contributed by atoms with Crippen molar-refractivity contribution in [3.8, 4) is 0 Å². The number of imide groups is 1. The summed E-state index contributed by atoms with van der Waals surface area (Å²) in [6.45, 7) is 3.32. The van der Waals surface area contributed by atoms with Gasteiger partial charge in [0.1, 0.15) is 6.54 Å². The Balaban J connectivity index is 2.63. The highest BCUT2D eigenvalue weighted by atomic mass is 16.3. The van der Waals surface area contributed by atoms with Gasteiger partial charge in [-0.3, -0.25) is 14.5 Å². The smallest absolute Gasteiger partial charge is 0.325 e. The summed E-state index contributed by atoms with van der Waals surface area (Å²) in [7, 11) is 0. The Morgan fingerprint density at radius 1 is 1.53 bits per heavy atom. The zero-order valence-electron chi connectivity index (χ0n) is 9.97. The Bertz CT molecular complexity index is 314. The fourth-order valence-corrected chi connectivity index (χ4v) is 1.62. The molecule has 7 heteroatoms. The lowest BCUT2D eigenvalue weighted by Crippen LogP contribution is -2.46. The van der Waals surface area contributed by atoms with E-state index in [1.165, 1.54) is 4.90 Å². The van der Waals surface area contributed by atoms with Gasteiger partial charge in [0.15, 0.2) is 0 Å². The number of urea groups is 1. The Morgan fingerprint density at radius 3 is 2.59 bits per heavy atom. The van der Waals surface area contributed by atoms with Crippen molar-refractivity contribution < 1.29 is 19.5 Å². The van der Waals surface area contributed by atoms with Crippen LogP contribution >= 0.6 is 0 Å². The summed E-state index contributed by atoms with van der Waals surface area (Å²) in [6.07, 6.45) is 0. The van der Waals surface area contributed by atoms with Crippen LogP contribution in [0.2, 0.25) is 0 Å². The van der Waals surface area contributed by atoms with Crippen LogP contribution in [-0.4, -0.2) is 65.0 Å². The van der Waals surface area contributed by atoms with Gasteiger partial charge in [0.25, 0.3) is 5.91 Å². The summed E-state index contributed by atoms with van der Waals surface area (Å²) in [5.74, 6) is -0.754. The molecule has 0 aromatic carbocycles. The second-order valence-electron chi connectivity index (χ2n) is 4.04. The molecular weight excluding hydrogens is 226 g/mol. The third-order valence-electron chi connectivity index (χ3n) is 2.52. The van der Waals surface area contributed by atoms with Crippen LogP contribution < -0.4 is 5.32 Å². The van der Waals surface area contributed by atoms with Crippen LogP contribution in [0, 0.1) is 0 Å². The summed E-state index contributed by atoms with van der Waals surface area (Å²) < 4.78 is 0. The Kier molecular flexibility index (Phi) is 4.45. The molecule has 4 amide bonds. The van der Waals surface area contributed by atoms with Gasteiger partial charge in [-0.15, -0.1) is 0 Å². The molecule has 1 aliphatic heterocycles. The first kappa shape index (κ1) is 13.4. The van der Waals surface area contributed by atoms with E-state index in [1.807, 2.05) is 0 Å². The molecule has 0 spiro atoms. The van der Waals surface area contributed by atoms with Crippen LogP contribution in [0.25, 0.3) is 0 Å². The monoisotopic (exact) mass is 243 g/mol. The topological polar surface area (TPSA) is 89.9 Å². The van der Waals surface area contributed by atoms with Gasteiger partial charge in [-0.05, 0) is 13.8 Å². The minimum Gasteiger partial charge on any atom is -0.395 e. The zero-order valence-corrected chi connectivity index (χ0v) is 9.97. The lowest BCUT2D eigenvalue weighted by atomic mass is 10.3. The number of nitrogens with zero attached hydrogens (tertiary/aromatic N) is 2. The highest BCUT2D eigenvalue weighted by Gasteiger charge is 2.31. The molecule has 0 radical (unpaired) electrons. The molecule has 0 atom stereocenters. The molecule has 1 rings (SSSR count).